The first-order valence-corrected chi connectivity index (χ1v) is 19.9. The van der Waals surface area contributed by atoms with Crippen LogP contribution in [-0.2, 0) is 0 Å². The number of benzene rings is 6. The van der Waals surface area contributed by atoms with Crippen molar-refractivity contribution in [2.24, 2.45) is 9.98 Å². The van der Waals surface area contributed by atoms with Gasteiger partial charge in [0.1, 0.15) is 22.8 Å². The fourth-order valence-electron chi connectivity index (χ4n) is 8.37. The molecule has 2 aliphatic carbocycles. The van der Waals surface area contributed by atoms with Crippen LogP contribution >= 0.6 is 0 Å². The lowest BCUT2D eigenvalue weighted by molar-refractivity contribution is 0.327. The molecule has 0 bridgehead atoms. The first-order chi connectivity index (χ1) is 29.3. The van der Waals surface area contributed by atoms with E-state index in [1.807, 2.05) is 36.4 Å². The molecule has 294 valence electrons. The molecule has 6 N–H and O–H groups in total. The molecular formula is C51H39N3O6. The van der Waals surface area contributed by atoms with Crippen molar-refractivity contribution in [1.29, 1.82) is 0 Å². The van der Waals surface area contributed by atoms with Crippen molar-refractivity contribution in [2.45, 2.75) is 31.8 Å². The number of phenols is 5. The van der Waals surface area contributed by atoms with Crippen LogP contribution in [0.15, 0.2) is 166 Å². The molecule has 0 spiro atoms. The van der Waals surface area contributed by atoms with Gasteiger partial charge in [0.25, 0.3) is 0 Å². The monoisotopic (exact) mass is 789 g/mol. The lowest BCUT2D eigenvalue weighted by Crippen LogP contribution is -2.36. The van der Waals surface area contributed by atoms with E-state index in [4.69, 9.17) is 14.4 Å². The van der Waals surface area contributed by atoms with Crippen molar-refractivity contribution in [1.82, 2.24) is 5.32 Å². The van der Waals surface area contributed by atoms with Crippen LogP contribution in [0.2, 0.25) is 0 Å². The molecule has 0 amide bonds. The predicted molar refractivity (Wildman–Crippen MR) is 237 cm³/mol. The number of hydrogen-bond acceptors (Lipinski definition) is 9. The zero-order chi connectivity index (χ0) is 40.9. The zero-order valence-corrected chi connectivity index (χ0v) is 32.3. The standard InChI is InChI=1S/C51H39N3O6/c55-43-42(44(56)46(58)47(59)45(43)57)33-23-21-31(22-24-33)30-17-19-32(20-18-30)36-25-26-38-39-15-8-16-40(48(39)60-41(38)28-36)51-53-49(34-11-5-2-6-12-34)52-50(54-51)37-14-7-13-35(27-37)29-9-3-1-4-10-29/h1-6,8-13,15-21,23,25-28,51,55-59H,7,14,22,24H2,(H,52,53,54). The maximum Gasteiger partial charge on any atom is 0.208 e. The van der Waals surface area contributed by atoms with Gasteiger partial charge >= 0.3 is 0 Å². The number of nitrogens with zero attached hydrogens (tertiary/aromatic N) is 2. The van der Waals surface area contributed by atoms with Gasteiger partial charge in [-0.1, -0.05) is 127 Å². The van der Waals surface area contributed by atoms with E-state index in [9.17, 15) is 25.5 Å². The molecule has 1 unspecified atom stereocenters. The van der Waals surface area contributed by atoms with Crippen LogP contribution in [0.5, 0.6) is 28.7 Å². The Morgan fingerprint density at radius 1 is 0.517 bits per heavy atom. The smallest absolute Gasteiger partial charge is 0.208 e. The van der Waals surface area contributed by atoms with Gasteiger partial charge in [-0.2, -0.15) is 0 Å². The lowest BCUT2D eigenvalue weighted by atomic mass is 9.88. The van der Waals surface area contributed by atoms with Gasteiger partial charge in [0.2, 0.25) is 17.2 Å². The minimum Gasteiger partial charge on any atom is -0.504 e. The van der Waals surface area contributed by atoms with Crippen LogP contribution in [-0.4, -0.2) is 37.2 Å². The average molecular weight is 790 g/mol. The Morgan fingerprint density at radius 3 is 1.87 bits per heavy atom. The first-order valence-electron chi connectivity index (χ1n) is 19.9. The molecule has 1 aliphatic heterocycles. The Bertz CT molecular complexity index is 3020. The highest BCUT2D eigenvalue weighted by atomic mass is 16.4. The summed E-state index contributed by atoms with van der Waals surface area (Å²) in [6, 6.07) is 41.3. The highest BCUT2D eigenvalue weighted by molar-refractivity contribution is 6.17. The molecule has 2 heterocycles. The van der Waals surface area contributed by atoms with E-state index in [1.165, 1.54) is 11.1 Å². The molecule has 60 heavy (non-hydrogen) atoms. The van der Waals surface area contributed by atoms with Gasteiger partial charge in [-0.05, 0) is 88.4 Å². The molecule has 1 atom stereocenters. The minimum absolute atomic E-state index is 0.105. The summed E-state index contributed by atoms with van der Waals surface area (Å²) in [7, 11) is 0. The number of allylic oxidation sites excluding steroid dienone is 7. The summed E-state index contributed by atoms with van der Waals surface area (Å²) < 4.78 is 6.72. The van der Waals surface area contributed by atoms with Crippen molar-refractivity contribution in [3.05, 3.63) is 179 Å². The van der Waals surface area contributed by atoms with E-state index in [0.717, 1.165) is 85.4 Å². The number of amidine groups is 2. The van der Waals surface area contributed by atoms with Gasteiger partial charge in [-0.25, -0.2) is 9.98 Å². The van der Waals surface area contributed by atoms with Crippen molar-refractivity contribution >= 4 is 50.3 Å². The normalized spacial score (nSPS) is 16.6. The van der Waals surface area contributed by atoms with E-state index < -0.39 is 34.9 Å². The van der Waals surface area contributed by atoms with Gasteiger partial charge in [-0.15, -0.1) is 0 Å². The van der Waals surface area contributed by atoms with Crippen LogP contribution in [0.1, 0.15) is 59.7 Å². The summed E-state index contributed by atoms with van der Waals surface area (Å²) in [5, 5.41) is 56.3. The van der Waals surface area contributed by atoms with Crippen molar-refractivity contribution < 1.29 is 29.9 Å². The Balaban J connectivity index is 0.964. The number of para-hydroxylation sites is 1. The third-order valence-corrected chi connectivity index (χ3v) is 11.5. The third-order valence-electron chi connectivity index (χ3n) is 11.5. The fourth-order valence-corrected chi connectivity index (χ4v) is 8.37. The quantitative estimate of drug-likeness (QED) is 0.0695. The Kier molecular flexibility index (Phi) is 9.06. The number of nitrogens with one attached hydrogen (secondary N) is 1. The maximum atomic E-state index is 10.4. The molecule has 9 heteroatoms. The van der Waals surface area contributed by atoms with Gasteiger partial charge < -0.3 is 35.3 Å². The van der Waals surface area contributed by atoms with E-state index in [0.29, 0.717) is 18.4 Å². The number of furan rings is 1. The van der Waals surface area contributed by atoms with Gasteiger partial charge in [0, 0.05) is 21.9 Å². The molecule has 3 aliphatic rings. The number of aromatic hydroxyl groups is 5. The largest absolute Gasteiger partial charge is 0.504 e. The zero-order valence-electron chi connectivity index (χ0n) is 32.3. The number of rotatable bonds is 7. The van der Waals surface area contributed by atoms with E-state index in [2.05, 4.69) is 108 Å². The number of aliphatic imine (C=N–C) groups is 2. The SMILES string of the molecule is Oc1c(O)c(O)c(C2=CC=C(c3ccc(-c4ccc5c(c4)oc4c(C6N=C(C7=CC(c8ccccc8)=CCC7)NC(c7ccccc7)=N6)cccc45)cc3)CC2)c(O)c1O. The van der Waals surface area contributed by atoms with Crippen LogP contribution in [0.3, 0.4) is 0 Å². The Hall–Kier alpha value is -7.78. The van der Waals surface area contributed by atoms with E-state index >= 15 is 0 Å². The summed E-state index contributed by atoms with van der Waals surface area (Å²) in [5.41, 5.74) is 11.4. The highest BCUT2D eigenvalue weighted by Gasteiger charge is 2.28. The summed E-state index contributed by atoms with van der Waals surface area (Å²) in [6.07, 6.45) is 10.4. The van der Waals surface area contributed by atoms with Gasteiger partial charge in [0.05, 0.1) is 5.56 Å². The van der Waals surface area contributed by atoms with Crippen molar-refractivity contribution in [3.8, 4) is 39.9 Å². The van der Waals surface area contributed by atoms with Crippen LogP contribution < -0.4 is 5.32 Å². The second kappa shape index (κ2) is 14.9. The molecule has 7 aromatic rings. The molecule has 0 saturated heterocycles. The molecule has 10 rings (SSSR count). The topological polar surface area (TPSA) is 151 Å². The molecule has 0 fully saturated rings. The number of hydrogen-bond donors (Lipinski definition) is 6. The van der Waals surface area contributed by atoms with E-state index in [-0.39, 0.29) is 5.56 Å². The Morgan fingerprint density at radius 2 is 1.15 bits per heavy atom. The summed E-state index contributed by atoms with van der Waals surface area (Å²) in [5.74, 6) is -2.53. The summed E-state index contributed by atoms with van der Waals surface area (Å²) >= 11 is 0. The second-order valence-electron chi connectivity index (χ2n) is 15.2. The number of phenolic OH excluding ortho intramolecular Hbond substituents is 5. The van der Waals surface area contributed by atoms with E-state index in [1.54, 1.807) is 6.08 Å². The molecule has 0 saturated carbocycles. The predicted octanol–water partition coefficient (Wildman–Crippen LogP) is 11.3. The molecule has 6 aromatic carbocycles. The third kappa shape index (κ3) is 6.46. The molecule has 9 nitrogen and oxygen atoms in total. The summed E-state index contributed by atoms with van der Waals surface area (Å²) in [4.78, 5) is 10.4. The average Bonchev–Trinajstić information content (AvgIpc) is 3.69. The van der Waals surface area contributed by atoms with Gasteiger partial charge in [0.15, 0.2) is 17.7 Å². The second-order valence-corrected chi connectivity index (χ2v) is 15.2. The fraction of sp³-hybridized carbons (Fsp3) is 0.0980. The Labute approximate surface area is 345 Å². The van der Waals surface area contributed by atoms with Gasteiger partial charge in [-0.3, -0.25) is 0 Å². The highest BCUT2D eigenvalue weighted by Crippen LogP contribution is 2.54. The van der Waals surface area contributed by atoms with Crippen molar-refractivity contribution in [2.75, 3.05) is 0 Å². The van der Waals surface area contributed by atoms with Crippen LogP contribution in [0.25, 0.3) is 49.8 Å². The number of fused-ring (bicyclic) bond motifs is 3. The molecule has 1 aromatic heterocycles. The molecular weight excluding hydrogens is 751 g/mol. The maximum absolute atomic E-state index is 10.4. The summed E-state index contributed by atoms with van der Waals surface area (Å²) in [6.45, 7) is 0. The van der Waals surface area contributed by atoms with Crippen molar-refractivity contribution in [3.63, 3.8) is 0 Å². The van der Waals surface area contributed by atoms with Crippen LogP contribution in [0.4, 0.5) is 0 Å². The van der Waals surface area contributed by atoms with Crippen LogP contribution in [0, 0.1) is 0 Å². The lowest BCUT2D eigenvalue weighted by Gasteiger charge is -2.25. The molecule has 0 radical (unpaired) electrons. The minimum atomic E-state index is -0.970. The first kappa shape index (κ1) is 36.6.